The van der Waals surface area contributed by atoms with Crippen molar-refractivity contribution in [2.24, 2.45) is 5.92 Å². The summed E-state index contributed by atoms with van der Waals surface area (Å²) >= 11 is 3.21. The second-order valence-corrected chi connectivity index (χ2v) is 6.89. The van der Waals surface area contributed by atoms with E-state index in [1.54, 1.807) is 12.1 Å². The molecule has 1 aromatic heterocycles. The summed E-state index contributed by atoms with van der Waals surface area (Å²) in [6.07, 6.45) is -2.82. The molecule has 3 atom stereocenters. The van der Waals surface area contributed by atoms with E-state index in [4.69, 9.17) is 0 Å². The molecule has 2 amide bonds. The highest BCUT2D eigenvalue weighted by atomic mass is 79.9. The zero-order valence-electron chi connectivity index (χ0n) is 13.5. The lowest BCUT2D eigenvalue weighted by Gasteiger charge is -2.45. The van der Waals surface area contributed by atoms with E-state index in [0.29, 0.717) is 4.47 Å². The number of amides is 2. The molecule has 1 saturated heterocycles. The molecule has 3 rings (SSSR count). The number of rotatable bonds is 3. The number of alkyl halides is 3. The Labute approximate surface area is 159 Å². The molecule has 0 aliphatic carbocycles. The number of carbonyl (C=O) groups excluding carboxylic acids is 2. The first-order chi connectivity index (χ1) is 12.6. The molecule has 2 heterocycles. The molecule has 3 N–H and O–H groups in total. The fourth-order valence-electron chi connectivity index (χ4n) is 2.97. The van der Waals surface area contributed by atoms with Crippen molar-refractivity contribution in [2.75, 3.05) is 0 Å². The molecule has 0 bridgehead atoms. The van der Waals surface area contributed by atoms with Crippen LogP contribution in [0.25, 0.3) is 0 Å². The average Bonchev–Trinajstić information content (AvgIpc) is 2.61. The van der Waals surface area contributed by atoms with Crippen molar-refractivity contribution in [3.8, 4) is 0 Å². The lowest BCUT2D eigenvalue weighted by molar-refractivity contribution is -0.287. The normalized spacial score (nSPS) is 25.4. The number of halogens is 4. The third-order valence-electron chi connectivity index (χ3n) is 4.26. The van der Waals surface area contributed by atoms with Gasteiger partial charge in [0.2, 0.25) is 5.72 Å². The first-order valence-corrected chi connectivity index (χ1v) is 8.50. The predicted octanol–water partition coefficient (Wildman–Crippen LogP) is 2.95. The van der Waals surface area contributed by atoms with E-state index in [2.05, 4.69) is 26.2 Å². The van der Waals surface area contributed by atoms with E-state index in [9.17, 15) is 27.9 Å². The van der Waals surface area contributed by atoms with E-state index in [1.807, 2.05) is 0 Å². The fraction of sp³-hybridized carbons (Fsp3) is 0.235. The highest BCUT2D eigenvalue weighted by molar-refractivity contribution is 9.10. The van der Waals surface area contributed by atoms with Crippen LogP contribution in [0, 0.1) is 5.92 Å². The van der Waals surface area contributed by atoms with Gasteiger partial charge in [-0.3, -0.25) is 9.78 Å². The van der Waals surface area contributed by atoms with Gasteiger partial charge in [0, 0.05) is 22.4 Å². The summed E-state index contributed by atoms with van der Waals surface area (Å²) < 4.78 is 41.8. The molecule has 10 heteroatoms. The molecule has 0 spiro atoms. The van der Waals surface area contributed by atoms with Gasteiger partial charge >= 0.3 is 12.2 Å². The number of nitrogens with zero attached hydrogens (tertiary/aromatic N) is 1. The molecule has 6 nitrogen and oxygen atoms in total. The molecule has 0 unspecified atom stereocenters. The van der Waals surface area contributed by atoms with Crippen LogP contribution >= 0.6 is 15.9 Å². The summed E-state index contributed by atoms with van der Waals surface area (Å²) in [4.78, 5) is 28.5. The number of Topliss-reactive ketones (excluding diaryl/α,β-unsaturated/α-hetero) is 1. The van der Waals surface area contributed by atoms with Gasteiger partial charge in [-0.05, 0) is 29.8 Å². The van der Waals surface area contributed by atoms with Crippen molar-refractivity contribution < 1.29 is 27.9 Å². The van der Waals surface area contributed by atoms with Gasteiger partial charge < -0.3 is 15.7 Å². The maximum atomic E-state index is 13.7. The summed E-state index contributed by atoms with van der Waals surface area (Å²) in [6, 6.07) is 6.07. The summed E-state index contributed by atoms with van der Waals surface area (Å²) in [5.74, 6) is -3.08. The van der Waals surface area contributed by atoms with Gasteiger partial charge in [0.05, 0.1) is 6.04 Å². The van der Waals surface area contributed by atoms with E-state index in [-0.39, 0.29) is 11.1 Å². The molecule has 142 valence electrons. The number of hydrogen-bond acceptors (Lipinski definition) is 4. The van der Waals surface area contributed by atoms with E-state index >= 15 is 0 Å². The van der Waals surface area contributed by atoms with Crippen molar-refractivity contribution in [2.45, 2.75) is 17.9 Å². The van der Waals surface area contributed by atoms with Crippen molar-refractivity contribution in [3.05, 3.63) is 64.4 Å². The second-order valence-electron chi connectivity index (χ2n) is 5.98. The molecule has 0 saturated carbocycles. The zero-order chi connectivity index (χ0) is 19.8. The van der Waals surface area contributed by atoms with Crippen LogP contribution in [0.1, 0.15) is 22.0 Å². The Bertz CT molecular complexity index is 861. The maximum Gasteiger partial charge on any atom is 0.437 e. The first-order valence-electron chi connectivity index (χ1n) is 7.71. The highest BCUT2D eigenvalue weighted by Gasteiger charge is 2.66. The van der Waals surface area contributed by atoms with Crippen molar-refractivity contribution in [1.82, 2.24) is 15.6 Å². The molecular formula is C17H13BrF3N3O3. The molecule has 1 aromatic carbocycles. The van der Waals surface area contributed by atoms with Gasteiger partial charge in [-0.25, -0.2) is 4.79 Å². The molecule has 1 aliphatic heterocycles. The molecule has 1 aliphatic rings. The van der Waals surface area contributed by atoms with Crippen LogP contribution in [0.4, 0.5) is 18.0 Å². The van der Waals surface area contributed by atoms with Gasteiger partial charge in [-0.15, -0.1) is 0 Å². The van der Waals surface area contributed by atoms with Crippen LogP contribution in [-0.4, -0.2) is 33.8 Å². The van der Waals surface area contributed by atoms with Crippen LogP contribution in [0.3, 0.4) is 0 Å². The highest BCUT2D eigenvalue weighted by Crippen LogP contribution is 2.43. The van der Waals surface area contributed by atoms with Crippen molar-refractivity contribution in [3.63, 3.8) is 0 Å². The number of aliphatic hydroxyl groups is 1. The summed E-state index contributed by atoms with van der Waals surface area (Å²) in [5.41, 5.74) is -3.64. The number of benzene rings is 1. The first kappa shape index (κ1) is 19.3. The van der Waals surface area contributed by atoms with Crippen molar-refractivity contribution >= 4 is 27.7 Å². The number of ketones is 1. The quantitative estimate of drug-likeness (QED) is 0.636. The monoisotopic (exact) mass is 443 g/mol. The van der Waals surface area contributed by atoms with Gasteiger partial charge in [-0.2, -0.15) is 13.2 Å². The smallest absolute Gasteiger partial charge is 0.363 e. The predicted molar refractivity (Wildman–Crippen MR) is 91.6 cm³/mol. The fourth-order valence-corrected chi connectivity index (χ4v) is 3.24. The Kier molecular flexibility index (Phi) is 4.96. The number of aromatic nitrogens is 1. The number of urea groups is 1. The van der Waals surface area contributed by atoms with Crippen LogP contribution in [-0.2, 0) is 0 Å². The molecule has 27 heavy (non-hydrogen) atoms. The number of carbonyl (C=O) groups is 2. The van der Waals surface area contributed by atoms with Gasteiger partial charge in [0.1, 0.15) is 5.92 Å². The Morgan fingerprint density at radius 3 is 2.44 bits per heavy atom. The Morgan fingerprint density at radius 2 is 1.89 bits per heavy atom. The largest absolute Gasteiger partial charge is 0.437 e. The van der Waals surface area contributed by atoms with Gasteiger partial charge in [-0.1, -0.05) is 28.1 Å². The minimum Gasteiger partial charge on any atom is -0.363 e. The topological polar surface area (TPSA) is 91.3 Å². The number of pyridine rings is 1. The lowest BCUT2D eigenvalue weighted by atomic mass is 9.77. The van der Waals surface area contributed by atoms with Gasteiger partial charge in [0.15, 0.2) is 5.78 Å². The van der Waals surface area contributed by atoms with Crippen molar-refractivity contribution in [1.29, 1.82) is 0 Å². The Morgan fingerprint density at radius 1 is 1.22 bits per heavy atom. The van der Waals surface area contributed by atoms with Crippen LogP contribution in [0.15, 0.2) is 53.3 Å². The molecule has 1 fully saturated rings. The van der Waals surface area contributed by atoms with Crippen LogP contribution < -0.4 is 10.6 Å². The summed E-state index contributed by atoms with van der Waals surface area (Å²) in [6.45, 7) is 0. The van der Waals surface area contributed by atoms with Crippen LogP contribution in [0.5, 0.6) is 0 Å². The second kappa shape index (κ2) is 6.93. The molecule has 0 radical (unpaired) electrons. The molecule has 2 aromatic rings. The van der Waals surface area contributed by atoms with E-state index in [1.165, 1.54) is 35.8 Å². The minimum atomic E-state index is -5.29. The van der Waals surface area contributed by atoms with E-state index < -0.39 is 35.7 Å². The molecular weight excluding hydrogens is 431 g/mol. The third kappa shape index (κ3) is 3.54. The Hall–Kier alpha value is -2.46. The zero-order valence-corrected chi connectivity index (χ0v) is 15.1. The summed E-state index contributed by atoms with van der Waals surface area (Å²) in [7, 11) is 0. The maximum absolute atomic E-state index is 13.7. The Balaban J connectivity index is 2.15. The SMILES string of the molecule is O=C1N[C@H](c2ccc(Br)cc2)[C@H](C(=O)c2cccnc2)[C@@](O)(C(F)(F)F)N1. The number of nitrogens with one attached hydrogen (secondary N) is 2. The average molecular weight is 444 g/mol. The minimum absolute atomic E-state index is 0.120. The van der Waals surface area contributed by atoms with Gasteiger partial charge in [0.25, 0.3) is 0 Å². The third-order valence-corrected chi connectivity index (χ3v) is 4.79. The standard InChI is InChI=1S/C17H13BrF3N3O3/c18-11-5-3-9(4-6-11)13-12(14(25)10-2-1-7-22-8-10)16(27,17(19,20)21)24-15(26)23-13/h1-8,12-13,27H,(H2,23,24,26)/t12-,13-,16-/m1/s1. The van der Waals surface area contributed by atoms with E-state index in [0.717, 1.165) is 6.20 Å². The van der Waals surface area contributed by atoms with Crippen LogP contribution in [0.2, 0.25) is 0 Å². The summed E-state index contributed by atoms with van der Waals surface area (Å²) in [5, 5.41) is 14.2. The number of hydrogen-bond donors (Lipinski definition) is 3. The lowest BCUT2D eigenvalue weighted by Crippen LogP contribution is -2.72.